The molecular weight excluding hydrogens is 268 g/mol. The molecule has 0 spiro atoms. The van der Waals surface area contributed by atoms with Crippen molar-refractivity contribution in [2.45, 2.75) is 0 Å². The first kappa shape index (κ1) is 24.2. The van der Waals surface area contributed by atoms with Crippen LogP contribution in [0.15, 0.2) is 0 Å². The molecule has 0 aliphatic carbocycles. The zero-order chi connectivity index (χ0) is 12.9. The van der Waals surface area contributed by atoms with Crippen LogP contribution < -0.4 is 15.3 Å². The second kappa shape index (κ2) is 19.4. The molecular formula is C6H9CrO9. The zero-order valence-electron chi connectivity index (χ0n) is 7.82. The minimum atomic E-state index is -1.44. The fourth-order valence-corrected chi connectivity index (χ4v) is 0. The predicted octanol–water partition coefficient (Wildman–Crippen LogP) is -6.82. The van der Waals surface area contributed by atoms with E-state index in [4.69, 9.17) is 45.0 Å². The van der Waals surface area contributed by atoms with Crippen molar-refractivity contribution in [3.8, 4) is 0 Å². The Morgan fingerprint density at radius 3 is 0.750 bits per heavy atom. The molecule has 0 aromatic rings. The standard InChI is InChI=1S/3C2H4O3.Cr/c3*3-1-2(4)5;/h3*3H,1H2,(H,4,5);/q;;;+3/p-3. The van der Waals surface area contributed by atoms with Crippen LogP contribution in [0.5, 0.6) is 0 Å². The molecule has 10 heteroatoms. The molecule has 0 aliphatic heterocycles. The van der Waals surface area contributed by atoms with E-state index in [0.29, 0.717) is 0 Å². The van der Waals surface area contributed by atoms with Gasteiger partial charge in [0.05, 0.1) is 37.7 Å². The van der Waals surface area contributed by atoms with Crippen molar-refractivity contribution in [3.05, 3.63) is 0 Å². The molecule has 3 N–H and O–H groups in total. The van der Waals surface area contributed by atoms with Gasteiger partial charge in [-0.1, -0.05) is 0 Å². The minimum Gasteiger partial charge on any atom is -0.548 e. The van der Waals surface area contributed by atoms with Crippen molar-refractivity contribution in [3.63, 3.8) is 0 Å². The van der Waals surface area contributed by atoms with Crippen LogP contribution in [0.1, 0.15) is 0 Å². The number of carboxylic acids is 3. The van der Waals surface area contributed by atoms with Crippen molar-refractivity contribution in [2.75, 3.05) is 19.8 Å². The number of rotatable bonds is 3. The van der Waals surface area contributed by atoms with Crippen molar-refractivity contribution in [2.24, 2.45) is 0 Å². The number of carbonyl (C=O) groups is 3. The molecule has 0 atom stereocenters. The van der Waals surface area contributed by atoms with E-state index in [1.54, 1.807) is 0 Å². The number of hydrogen-bond donors (Lipinski definition) is 3. The third-order valence-corrected chi connectivity index (χ3v) is 0.387. The fourth-order valence-electron chi connectivity index (χ4n) is 0. The summed E-state index contributed by atoms with van der Waals surface area (Å²) in [5.41, 5.74) is 0. The van der Waals surface area contributed by atoms with Gasteiger partial charge < -0.3 is 45.0 Å². The molecule has 0 unspecified atom stereocenters. The van der Waals surface area contributed by atoms with E-state index in [2.05, 4.69) is 0 Å². The van der Waals surface area contributed by atoms with E-state index in [9.17, 15) is 0 Å². The van der Waals surface area contributed by atoms with E-state index in [-0.39, 0.29) is 17.4 Å². The summed E-state index contributed by atoms with van der Waals surface area (Å²) in [6.45, 7) is -2.67. The average Bonchev–Trinajstić information content (AvgIpc) is 2.19. The van der Waals surface area contributed by atoms with Crippen molar-refractivity contribution < 1.29 is 62.4 Å². The van der Waals surface area contributed by atoms with E-state index in [1.165, 1.54) is 0 Å². The molecule has 0 saturated heterocycles. The quantitative estimate of drug-likeness (QED) is 0.451. The molecule has 0 heterocycles. The Kier molecular flexibility index (Phi) is 29.3. The third kappa shape index (κ3) is 77.1. The van der Waals surface area contributed by atoms with Crippen LogP contribution in [0.25, 0.3) is 0 Å². The Bertz CT molecular complexity index is 159. The van der Waals surface area contributed by atoms with E-state index >= 15 is 0 Å². The number of carboxylic acid groups (broad SMARTS) is 3. The molecule has 16 heavy (non-hydrogen) atoms. The van der Waals surface area contributed by atoms with Gasteiger partial charge in [0.1, 0.15) is 0 Å². The molecule has 0 saturated carbocycles. The van der Waals surface area contributed by atoms with Gasteiger partial charge in [-0.15, -0.1) is 0 Å². The van der Waals surface area contributed by atoms with Crippen LogP contribution in [0.4, 0.5) is 0 Å². The van der Waals surface area contributed by atoms with E-state index < -0.39 is 37.7 Å². The molecule has 0 aliphatic rings. The van der Waals surface area contributed by atoms with Crippen LogP contribution in [-0.2, 0) is 31.7 Å². The molecule has 1 radical (unpaired) electrons. The van der Waals surface area contributed by atoms with Gasteiger partial charge in [0, 0.05) is 0 Å². The summed E-state index contributed by atoms with van der Waals surface area (Å²) < 4.78 is 0. The largest absolute Gasteiger partial charge is 3.00 e. The second-order valence-corrected chi connectivity index (χ2v) is 1.59. The van der Waals surface area contributed by atoms with Crippen molar-refractivity contribution in [1.82, 2.24) is 0 Å². The SMILES string of the molecule is O=C([O-])CO.O=C([O-])CO.O=C([O-])CO.[Cr+3]. The molecule has 9 nitrogen and oxygen atoms in total. The Labute approximate surface area is 101 Å². The Balaban J connectivity index is -0.0000000655. The van der Waals surface area contributed by atoms with Crippen LogP contribution >= 0.6 is 0 Å². The van der Waals surface area contributed by atoms with Crippen LogP contribution in [0.2, 0.25) is 0 Å². The maximum Gasteiger partial charge on any atom is 3.00 e. The van der Waals surface area contributed by atoms with Gasteiger partial charge in [-0.05, 0) is 0 Å². The zero-order valence-corrected chi connectivity index (χ0v) is 9.10. The molecule has 0 aromatic carbocycles. The summed E-state index contributed by atoms with van der Waals surface area (Å²) >= 11 is 0. The van der Waals surface area contributed by atoms with Gasteiger partial charge in [-0.2, -0.15) is 0 Å². The fraction of sp³-hybridized carbons (Fsp3) is 0.500. The number of aliphatic hydroxyl groups excluding tert-OH is 3. The van der Waals surface area contributed by atoms with Crippen LogP contribution in [-0.4, -0.2) is 53.0 Å². The first-order valence-corrected chi connectivity index (χ1v) is 3.23. The molecule has 0 bridgehead atoms. The van der Waals surface area contributed by atoms with Crippen LogP contribution in [0, 0.1) is 0 Å². The summed E-state index contributed by atoms with van der Waals surface area (Å²) in [6.07, 6.45) is 0. The summed E-state index contributed by atoms with van der Waals surface area (Å²) in [4.78, 5) is 27.0. The minimum absolute atomic E-state index is 0. The first-order valence-electron chi connectivity index (χ1n) is 3.23. The topological polar surface area (TPSA) is 181 Å². The molecule has 0 aromatic heterocycles. The predicted molar refractivity (Wildman–Crippen MR) is 36.3 cm³/mol. The van der Waals surface area contributed by atoms with E-state index in [1.807, 2.05) is 0 Å². The van der Waals surface area contributed by atoms with E-state index in [0.717, 1.165) is 0 Å². The van der Waals surface area contributed by atoms with Crippen molar-refractivity contribution >= 4 is 17.9 Å². The maximum atomic E-state index is 9.01. The Hall–Kier alpha value is -1.18. The number of hydrogen-bond acceptors (Lipinski definition) is 9. The van der Waals surface area contributed by atoms with Crippen molar-refractivity contribution in [1.29, 1.82) is 0 Å². The van der Waals surface area contributed by atoms with Gasteiger partial charge in [-0.3, -0.25) is 0 Å². The Morgan fingerprint density at radius 2 is 0.750 bits per heavy atom. The van der Waals surface area contributed by atoms with Gasteiger partial charge >= 0.3 is 17.4 Å². The van der Waals surface area contributed by atoms with Gasteiger partial charge in [0.15, 0.2) is 0 Å². The summed E-state index contributed by atoms with van der Waals surface area (Å²) in [5.74, 6) is -4.32. The summed E-state index contributed by atoms with van der Waals surface area (Å²) in [5, 5.41) is 49.5. The normalized spacial score (nSPS) is 6.94. The number of aliphatic hydroxyl groups is 3. The third-order valence-electron chi connectivity index (χ3n) is 0.387. The number of carbonyl (C=O) groups excluding carboxylic acids is 3. The van der Waals surface area contributed by atoms with Crippen LogP contribution in [0.3, 0.4) is 0 Å². The number of aliphatic carboxylic acids is 3. The monoisotopic (exact) mass is 277 g/mol. The summed E-state index contributed by atoms with van der Waals surface area (Å²) in [7, 11) is 0. The molecule has 93 valence electrons. The molecule has 0 amide bonds. The first-order chi connectivity index (χ1) is 6.81. The maximum absolute atomic E-state index is 9.01. The average molecular weight is 277 g/mol. The smallest absolute Gasteiger partial charge is 0.548 e. The van der Waals surface area contributed by atoms with Gasteiger partial charge in [-0.25, -0.2) is 0 Å². The summed E-state index contributed by atoms with van der Waals surface area (Å²) in [6, 6.07) is 0. The van der Waals surface area contributed by atoms with Gasteiger partial charge in [0.2, 0.25) is 0 Å². The second-order valence-electron chi connectivity index (χ2n) is 1.59. The Morgan fingerprint density at radius 1 is 0.688 bits per heavy atom. The van der Waals surface area contributed by atoms with Gasteiger partial charge in [0.25, 0.3) is 0 Å². The molecule has 0 rings (SSSR count). The molecule has 0 fully saturated rings.